The van der Waals surface area contributed by atoms with Crippen molar-refractivity contribution in [2.45, 2.75) is 51.5 Å². The minimum absolute atomic E-state index is 0.142. The monoisotopic (exact) mass is 361 g/mol. The second kappa shape index (κ2) is 8.28. The highest BCUT2D eigenvalue weighted by Crippen LogP contribution is 2.28. The summed E-state index contributed by atoms with van der Waals surface area (Å²) in [7, 11) is 0. The minimum Gasteiger partial charge on any atom is -0.324 e. The fourth-order valence-corrected chi connectivity index (χ4v) is 2.84. The molecule has 0 aromatic heterocycles. The SMILES string of the molecule is CCCCCCCC(N)c1cc(Br)ccc1Br. The van der Waals surface area contributed by atoms with Crippen LogP contribution in [0.5, 0.6) is 0 Å². The van der Waals surface area contributed by atoms with Gasteiger partial charge in [-0.15, -0.1) is 0 Å². The summed E-state index contributed by atoms with van der Waals surface area (Å²) in [6, 6.07) is 6.34. The van der Waals surface area contributed by atoms with Gasteiger partial charge in [-0.25, -0.2) is 0 Å². The molecule has 1 unspecified atom stereocenters. The fraction of sp³-hybridized carbons (Fsp3) is 0.571. The highest BCUT2D eigenvalue weighted by Gasteiger charge is 2.09. The highest BCUT2D eigenvalue weighted by atomic mass is 79.9. The number of hydrogen-bond acceptors (Lipinski definition) is 1. The van der Waals surface area contributed by atoms with Crippen LogP contribution >= 0.6 is 31.9 Å². The molecule has 3 heteroatoms. The second-order valence-electron chi connectivity index (χ2n) is 4.48. The van der Waals surface area contributed by atoms with E-state index in [0.29, 0.717) is 0 Å². The maximum absolute atomic E-state index is 6.23. The largest absolute Gasteiger partial charge is 0.324 e. The van der Waals surface area contributed by atoms with Crippen molar-refractivity contribution in [3.63, 3.8) is 0 Å². The standard InChI is InChI=1S/C14H21Br2N/c1-2-3-4-5-6-7-14(17)12-10-11(15)8-9-13(12)16/h8-10,14H,2-7,17H2,1H3. The quantitative estimate of drug-likeness (QED) is 0.630. The molecule has 0 spiro atoms. The molecule has 0 heterocycles. The van der Waals surface area contributed by atoms with Gasteiger partial charge >= 0.3 is 0 Å². The van der Waals surface area contributed by atoms with Crippen LogP contribution in [0.3, 0.4) is 0 Å². The molecule has 0 bridgehead atoms. The molecule has 1 aromatic rings. The maximum Gasteiger partial charge on any atom is 0.0306 e. The van der Waals surface area contributed by atoms with E-state index in [1.165, 1.54) is 37.7 Å². The van der Waals surface area contributed by atoms with E-state index in [2.05, 4.69) is 50.9 Å². The highest BCUT2D eigenvalue weighted by molar-refractivity contribution is 9.11. The Balaban J connectivity index is 2.41. The van der Waals surface area contributed by atoms with Gasteiger partial charge in [0.2, 0.25) is 0 Å². The van der Waals surface area contributed by atoms with E-state index < -0.39 is 0 Å². The second-order valence-corrected chi connectivity index (χ2v) is 6.25. The first-order valence-electron chi connectivity index (χ1n) is 6.35. The Morgan fingerprint density at radius 1 is 1.12 bits per heavy atom. The molecule has 0 radical (unpaired) electrons. The lowest BCUT2D eigenvalue weighted by Crippen LogP contribution is -2.10. The Kier molecular flexibility index (Phi) is 7.40. The molecule has 1 rings (SSSR count). The Bertz CT molecular complexity index is 339. The molecule has 1 atom stereocenters. The van der Waals surface area contributed by atoms with Crippen molar-refractivity contribution in [3.8, 4) is 0 Å². The smallest absolute Gasteiger partial charge is 0.0306 e. The van der Waals surface area contributed by atoms with Crippen LogP contribution < -0.4 is 5.73 Å². The molecule has 0 saturated carbocycles. The maximum atomic E-state index is 6.23. The van der Waals surface area contributed by atoms with Crippen LogP contribution in [0.4, 0.5) is 0 Å². The topological polar surface area (TPSA) is 26.0 Å². The Hall–Kier alpha value is 0.140. The average Bonchev–Trinajstić information content (AvgIpc) is 2.32. The molecule has 2 N–H and O–H groups in total. The summed E-state index contributed by atoms with van der Waals surface area (Å²) in [5, 5.41) is 0. The summed E-state index contributed by atoms with van der Waals surface area (Å²) in [5.74, 6) is 0. The van der Waals surface area contributed by atoms with E-state index in [1.807, 2.05) is 6.07 Å². The van der Waals surface area contributed by atoms with E-state index in [9.17, 15) is 0 Å². The summed E-state index contributed by atoms with van der Waals surface area (Å²) in [6.07, 6.45) is 7.56. The van der Waals surface area contributed by atoms with E-state index in [1.54, 1.807) is 0 Å². The molecule has 0 saturated heterocycles. The van der Waals surface area contributed by atoms with Crippen molar-refractivity contribution in [3.05, 3.63) is 32.7 Å². The first-order valence-corrected chi connectivity index (χ1v) is 7.94. The number of nitrogens with two attached hydrogens (primary N) is 1. The first kappa shape index (κ1) is 15.2. The minimum atomic E-state index is 0.142. The lowest BCUT2D eigenvalue weighted by Gasteiger charge is -2.14. The van der Waals surface area contributed by atoms with E-state index in [4.69, 9.17) is 5.73 Å². The van der Waals surface area contributed by atoms with Crippen LogP contribution in [0.2, 0.25) is 0 Å². The van der Waals surface area contributed by atoms with E-state index >= 15 is 0 Å². The Morgan fingerprint density at radius 2 is 1.82 bits per heavy atom. The van der Waals surface area contributed by atoms with Crippen molar-refractivity contribution in [2.75, 3.05) is 0 Å². The van der Waals surface area contributed by atoms with Crippen molar-refractivity contribution in [1.82, 2.24) is 0 Å². The zero-order chi connectivity index (χ0) is 12.7. The van der Waals surface area contributed by atoms with Gasteiger partial charge in [-0.05, 0) is 30.2 Å². The summed E-state index contributed by atoms with van der Waals surface area (Å²) >= 11 is 7.05. The van der Waals surface area contributed by atoms with Crippen LogP contribution in [0.15, 0.2) is 27.1 Å². The molecule has 1 aromatic carbocycles. The molecule has 0 amide bonds. The van der Waals surface area contributed by atoms with Crippen LogP contribution in [-0.2, 0) is 0 Å². The molecular formula is C14H21Br2N. The van der Waals surface area contributed by atoms with Gasteiger partial charge in [-0.3, -0.25) is 0 Å². The first-order chi connectivity index (χ1) is 8.15. The van der Waals surface area contributed by atoms with Gasteiger partial charge < -0.3 is 5.73 Å². The van der Waals surface area contributed by atoms with Gasteiger partial charge in [-0.1, -0.05) is 70.9 Å². The summed E-state index contributed by atoms with van der Waals surface area (Å²) in [4.78, 5) is 0. The van der Waals surface area contributed by atoms with Crippen molar-refractivity contribution in [2.24, 2.45) is 5.73 Å². The van der Waals surface area contributed by atoms with Crippen molar-refractivity contribution in [1.29, 1.82) is 0 Å². The van der Waals surface area contributed by atoms with Gasteiger partial charge in [-0.2, -0.15) is 0 Å². The Morgan fingerprint density at radius 3 is 2.53 bits per heavy atom. The van der Waals surface area contributed by atoms with E-state index in [0.717, 1.165) is 15.4 Å². The lowest BCUT2D eigenvalue weighted by atomic mass is 10.0. The molecule has 0 aliphatic rings. The summed E-state index contributed by atoms with van der Waals surface area (Å²) in [5.41, 5.74) is 7.43. The zero-order valence-corrected chi connectivity index (χ0v) is 13.6. The van der Waals surface area contributed by atoms with Crippen molar-refractivity contribution < 1.29 is 0 Å². The Labute approximate surface area is 121 Å². The number of hydrogen-bond donors (Lipinski definition) is 1. The van der Waals surface area contributed by atoms with Gasteiger partial charge in [0.15, 0.2) is 0 Å². The summed E-state index contributed by atoms with van der Waals surface area (Å²) in [6.45, 7) is 2.24. The number of halogens is 2. The normalized spacial score (nSPS) is 12.7. The molecule has 0 aliphatic carbocycles. The number of benzene rings is 1. The van der Waals surface area contributed by atoms with Crippen LogP contribution in [0.25, 0.3) is 0 Å². The fourth-order valence-electron chi connectivity index (χ4n) is 1.92. The summed E-state index contributed by atoms with van der Waals surface area (Å²) < 4.78 is 2.21. The predicted octanol–water partition coefficient (Wildman–Crippen LogP) is 5.57. The average molecular weight is 363 g/mol. The molecule has 0 fully saturated rings. The van der Waals surface area contributed by atoms with Crippen LogP contribution in [0.1, 0.15) is 57.1 Å². The van der Waals surface area contributed by atoms with Gasteiger partial charge in [0.05, 0.1) is 0 Å². The lowest BCUT2D eigenvalue weighted by molar-refractivity contribution is 0.554. The van der Waals surface area contributed by atoms with Crippen LogP contribution in [-0.4, -0.2) is 0 Å². The molecular weight excluding hydrogens is 342 g/mol. The third kappa shape index (κ3) is 5.54. The van der Waals surface area contributed by atoms with E-state index in [-0.39, 0.29) is 6.04 Å². The number of rotatable bonds is 7. The predicted molar refractivity (Wildman–Crippen MR) is 82.1 cm³/mol. The zero-order valence-electron chi connectivity index (χ0n) is 10.4. The van der Waals surface area contributed by atoms with Gasteiger partial charge in [0, 0.05) is 15.0 Å². The third-order valence-corrected chi connectivity index (χ3v) is 4.19. The number of unbranched alkanes of at least 4 members (excludes halogenated alkanes) is 4. The molecule has 1 nitrogen and oxygen atoms in total. The van der Waals surface area contributed by atoms with Crippen molar-refractivity contribution >= 4 is 31.9 Å². The van der Waals surface area contributed by atoms with Crippen LogP contribution in [0, 0.1) is 0 Å². The van der Waals surface area contributed by atoms with Gasteiger partial charge in [0.1, 0.15) is 0 Å². The molecule has 0 aliphatic heterocycles. The van der Waals surface area contributed by atoms with Gasteiger partial charge in [0.25, 0.3) is 0 Å². The molecule has 17 heavy (non-hydrogen) atoms. The molecule has 96 valence electrons. The third-order valence-electron chi connectivity index (χ3n) is 2.98.